The molecule has 0 amide bonds. The van der Waals surface area contributed by atoms with Crippen LogP contribution in [0.4, 0.5) is 0 Å². The number of nitrogens with one attached hydrogen (secondary N) is 1. The second kappa shape index (κ2) is 7.14. The topological polar surface area (TPSA) is 32.6 Å². The van der Waals surface area contributed by atoms with Crippen molar-refractivity contribution < 1.29 is 0 Å². The highest BCUT2D eigenvalue weighted by Crippen LogP contribution is 2.08. The van der Waals surface area contributed by atoms with Crippen molar-refractivity contribution in [2.75, 3.05) is 20.6 Å². The van der Waals surface area contributed by atoms with Crippen LogP contribution in [0.2, 0.25) is 0 Å². The van der Waals surface area contributed by atoms with Crippen LogP contribution in [0.3, 0.4) is 0 Å². The summed E-state index contributed by atoms with van der Waals surface area (Å²) in [4.78, 5) is 7.89. The van der Waals surface area contributed by atoms with Crippen molar-refractivity contribution in [3.63, 3.8) is 0 Å². The van der Waals surface area contributed by atoms with Gasteiger partial charge in [0, 0.05) is 44.5 Å². The molecule has 0 aliphatic rings. The molecule has 0 bridgehead atoms. The summed E-state index contributed by atoms with van der Waals surface area (Å²) >= 11 is 1.80. The Morgan fingerprint density at radius 1 is 1.40 bits per heavy atom. The van der Waals surface area contributed by atoms with Gasteiger partial charge in [0.15, 0.2) is 5.96 Å². The molecule has 20 heavy (non-hydrogen) atoms. The van der Waals surface area contributed by atoms with Crippen molar-refractivity contribution in [2.24, 2.45) is 12.0 Å². The zero-order chi connectivity index (χ0) is 14.4. The van der Waals surface area contributed by atoms with Crippen LogP contribution < -0.4 is 5.32 Å². The van der Waals surface area contributed by atoms with Gasteiger partial charge in [-0.25, -0.2) is 0 Å². The van der Waals surface area contributed by atoms with Gasteiger partial charge in [-0.2, -0.15) is 0 Å². The molecule has 0 radical (unpaired) electrons. The lowest BCUT2D eigenvalue weighted by molar-refractivity contribution is 0.462. The zero-order valence-corrected chi connectivity index (χ0v) is 13.2. The number of aromatic nitrogens is 1. The minimum Gasteiger partial charge on any atom is -0.356 e. The van der Waals surface area contributed by atoms with E-state index in [-0.39, 0.29) is 0 Å². The zero-order valence-electron chi connectivity index (χ0n) is 12.3. The van der Waals surface area contributed by atoms with E-state index < -0.39 is 0 Å². The first-order chi connectivity index (χ1) is 9.70. The summed E-state index contributed by atoms with van der Waals surface area (Å²) < 4.78 is 2.13. The van der Waals surface area contributed by atoms with Gasteiger partial charge in [0.2, 0.25) is 0 Å². The molecular formula is C15H22N4S. The van der Waals surface area contributed by atoms with Gasteiger partial charge in [0.1, 0.15) is 0 Å². The van der Waals surface area contributed by atoms with E-state index in [0.29, 0.717) is 0 Å². The van der Waals surface area contributed by atoms with E-state index in [4.69, 9.17) is 0 Å². The van der Waals surface area contributed by atoms with E-state index in [1.165, 1.54) is 10.6 Å². The molecule has 2 aromatic rings. The van der Waals surface area contributed by atoms with Crippen molar-refractivity contribution in [3.8, 4) is 0 Å². The summed E-state index contributed by atoms with van der Waals surface area (Å²) in [7, 11) is 5.96. The Morgan fingerprint density at radius 3 is 2.85 bits per heavy atom. The molecule has 0 saturated heterocycles. The molecule has 0 aliphatic carbocycles. The van der Waals surface area contributed by atoms with Crippen molar-refractivity contribution >= 4 is 17.3 Å². The van der Waals surface area contributed by atoms with Crippen LogP contribution in [0, 0.1) is 0 Å². The molecule has 4 nitrogen and oxygen atoms in total. The van der Waals surface area contributed by atoms with Gasteiger partial charge in [-0.3, -0.25) is 4.99 Å². The summed E-state index contributed by atoms with van der Waals surface area (Å²) in [5.74, 6) is 0.933. The molecular weight excluding hydrogens is 268 g/mol. The van der Waals surface area contributed by atoms with E-state index in [2.05, 4.69) is 69.7 Å². The van der Waals surface area contributed by atoms with Gasteiger partial charge in [0.05, 0.1) is 6.54 Å². The molecule has 2 heterocycles. The van der Waals surface area contributed by atoms with Crippen molar-refractivity contribution in [1.82, 2.24) is 14.8 Å². The smallest absolute Gasteiger partial charge is 0.193 e. The average Bonchev–Trinajstić information content (AvgIpc) is 3.07. The largest absolute Gasteiger partial charge is 0.356 e. The molecule has 1 N–H and O–H groups in total. The molecule has 0 aliphatic heterocycles. The molecule has 5 heteroatoms. The lowest BCUT2D eigenvalue weighted by atomic mass is 10.3. The maximum absolute atomic E-state index is 4.34. The summed E-state index contributed by atoms with van der Waals surface area (Å²) in [6, 6.07) is 8.46. The Kier molecular flexibility index (Phi) is 5.24. The molecule has 2 rings (SSSR count). The third-order valence-electron chi connectivity index (χ3n) is 3.26. The highest BCUT2D eigenvalue weighted by Gasteiger charge is 2.07. The molecule has 0 spiro atoms. The molecule has 0 atom stereocenters. The van der Waals surface area contributed by atoms with Crippen LogP contribution >= 0.6 is 11.3 Å². The highest BCUT2D eigenvalue weighted by atomic mass is 32.1. The Balaban J connectivity index is 1.83. The van der Waals surface area contributed by atoms with E-state index in [1.807, 2.05) is 7.05 Å². The van der Waals surface area contributed by atoms with E-state index in [0.717, 1.165) is 25.5 Å². The molecule has 0 fully saturated rings. The molecule has 2 aromatic heterocycles. The number of nitrogens with zero attached hydrogens (tertiary/aromatic N) is 3. The fourth-order valence-electron chi connectivity index (χ4n) is 2.12. The van der Waals surface area contributed by atoms with E-state index in [1.54, 1.807) is 11.3 Å². The van der Waals surface area contributed by atoms with Gasteiger partial charge in [0.25, 0.3) is 0 Å². The van der Waals surface area contributed by atoms with Crippen molar-refractivity contribution in [1.29, 1.82) is 0 Å². The first kappa shape index (κ1) is 14.7. The van der Waals surface area contributed by atoms with Crippen LogP contribution in [0.1, 0.15) is 10.6 Å². The third-order valence-corrected chi connectivity index (χ3v) is 4.19. The van der Waals surface area contributed by atoms with Crippen LogP contribution in [0.15, 0.2) is 40.8 Å². The van der Waals surface area contributed by atoms with Crippen LogP contribution in [0.25, 0.3) is 0 Å². The first-order valence-electron chi connectivity index (χ1n) is 6.75. The maximum atomic E-state index is 4.34. The minimum absolute atomic E-state index is 0.849. The summed E-state index contributed by atoms with van der Waals surface area (Å²) in [6.45, 7) is 1.76. The SMILES string of the molecule is CN=C(NCCc1cccs1)N(C)Cc1cccn1C. The number of aliphatic imine (C=N–C) groups is 1. The van der Waals surface area contributed by atoms with Crippen LogP contribution in [-0.2, 0) is 20.0 Å². The van der Waals surface area contributed by atoms with Gasteiger partial charge in [-0.05, 0) is 30.0 Å². The molecule has 0 unspecified atom stereocenters. The number of rotatable bonds is 5. The van der Waals surface area contributed by atoms with Gasteiger partial charge >= 0.3 is 0 Å². The fraction of sp³-hybridized carbons (Fsp3) is 0.400. The fourth-order valence-corrected chi connectivity index (χ4v) is 2.82. The predicted octanol–water partition coefficient (Wildman–Crippen LogP) is 2.34. The normalized spacial score (nSPS) is 11.7. The lowest BCUT2D eigenvalue weighted by Crippen LogP contribution is -2.39. The maximum Gasteiger partial charge on any atom is 0.193 e. The van der Waals surface area contributed by atoms with Gasteiger partial charge < -0.3 is 14.8 Å². The second-order valence-corrected chi connectivity index (χ2v) is 5.80. The summed E-state index contributed by atoms with van der Waals surface area (Å²) in [5, 5.41) is 5.53. The van der Waals surface area contributed by atoms with Crippen molar-refractivity contribution in [2.45, 2.75) is 13.0 Å². The standard InChI is InChI=1S/C15H22N4S/c1-16-15(17-9-8-14-7-5-11-20-14)19(3)12-13-6-4-10-18(13)2/h4-7,10-11H,8-9,12H2,1-3H3,(H,16,17). The average molecular weight is 290 g/mol. The minimum atomic E-state index is 0.849. The first-order valence-corrected chi connectivity index (χ1v) is 7.63. The Labute approximate surface area is 124 Å². The summed E-state index contributed by atoms with van der Waals surface area (Å²) in [6.07, 6.45) is 3.10. The number of hydrogen-bond acceptors (Lipinski definition) is 2. The number of thiophene rings is 1. The van der Waals surface area contributed by atoms with Crippen LogP contribution in [-0.4, -0.2) is 36.1 Å². The van der Waals surface area contributed by atoms with E-state index >= 15 is 0 Å². The molecule has 108 valence electrons. The number of hydrogen-bond donors (Lipinski definition) is 1. The van der Waals surface area contributed by atoms with E-state index in [9.17, 15) is 0 Å². The predicted molar refractivity (Wildman–Crippen MR) is 86.3 cm³/mol. The molecule has 0 saturated carbocycles. The highest BCUT2D eigenvalue weighted by molar-refractivity contribution is 7.09. The Hall–Kier alpha value is -1.75. The lowest BCUT2D eigenvalue weighted by Gasteiger charge is -2.22. The monoisotopic (exact) mass is 290 g/mol. The second-order valence-electron chi connectivity index (χ2n) is 4.77. The van der Waals surface area contributed by atoms with Gasteiger partial charge in [-0.1, -0.05) is 6.07 Å². The molecule has 0 aromatic carbocycles. The number of guanidine groups is 1. The summed E-state index contributed by atoms with van der Waals surface area (Å²) in [5.41, 5.74) is 1.27. The quantitative estimate of drug-likeness (QED) is 0.677. The Bertz CT molecular complexity index is 542. The van der Waals surface area contributed by atoms with Crippen LogP contribution in [0.5, 0.6) is 0 Å². The Morgan fingerprint density at radius 2 is 2.25 bits per heavy atom. The third kappa shape index (κ3) is 3.87. The number of aryl methyl sites for hydroxylation is 1. The van der Waals surface area contributed by atoms with Gasteiger partial charge in [-0.15, -0.1) is 11.3 Å². The van der Waals surface area contributed by atoms with Crippen molar-refractivity contribution in [3.05, 3.63) is 46.4 Å².